The minimum atomic E-state index is -0.371. The van der Waals surface area contributed by atoms with Crippen molar-refractivity contribution < 1.29 is 4.79 Å². The van der Waals surface area contributed by atoms with Crippen molar-refractivity contribution >= 4 is 17.7 Å². The minimum absolute atomic E-state index is 0.0148. The fraction of sp³-hybridized carbons (Fsp3) is 0.917. The van der Waals surface area contributed by atoms with Crippen LogP contribution in [0.4, 0.5) is 0 Å². The molecule has 16 heavy (non-hydrogen) atoms. The number of rotatable bonds is 4. The van der Waals surface area contributed by atoms with Crippen LogP contribution in [-0.2, 0) is 4.79 Å². The maximum absolute atomic E-state index is 11.9. The summed E-state index contributed by atoms with van der Waals surface area (Å²) in [5.74, 6) is 0.220. The number of thioether (sulfide) groups is 1. The van der Waals surface area contributed by atoms with E-state index in [-0.39, 0.29) is 17.9 Å². The van der Waals surface area contributed by atoms with Gasteiger partial charge in [0.1, 0.15) is 0 Å². The first-order valence-corrected chi connectivity index (χ1v) is 7.43. The number of nitrogens with one attached hydrogen (secondary N) is 1. The number of carbonyl (C=O) groups excluding carboxylic acids is 1. The molecule has 1 amide bonds. The van der Waals surface area contributed by atoms with Gasteiger partial charge in [0.05, 0.1) is 6.04 Å². The van der Waals surface area contributed by atoms with Crippen LogP contribution < -0.4 is 11.1 Å². The normalized spacial score (nSPS) is 27.8. The molecule has 2 unspecified atom stereocenters. The zero-order valence-corrected chi connectivity index (χ0v) is 11.3. The lowest BCUT2D eigenvalue weighted by atomic mass is 9.94. The van der Waals surface area contributed by atoms with Crippen LogP contribution in [0.25, 0.3) is 0 Å². The Labute approximate surface area is 103 Å². The zero-order chi connectivity index (χ0) is 12.1. The van der Waals surface area contributed by atoms with Gasteiger partial charge in [-0.25, -0.2) is 0 Å². The Hall–Kier alpha value is -0.220. The molecular weight excluding hydrogens is 220 g/mol. The lowest BCUT2D eigenvalue weighted by Crippen LogP contribution is -2.51. The second-order valence-electron chi connectivity index (χ2n) is 4.94. The van der Waals surface area contributed by atoms with Gasteiger partial charge in [0.25, 0.3) is 0 Å². The topological polar surface area (TPSA) is 55.1 Å². The van der Waals surface area contributed by atoms with Crippen LogP contribution in [0.2, 0.25) is 0 Å². The van der Waals surface area contributed by atoms with Crippen LogP contribution in [0.5, 0.6) is 0 Å². The molecule has 3 atom stereocenters. The molecule has 1 aliphatic carbocycles. The van der Waals surface area contributed by atoms with E-state index in [1.165, 1.54) is 19.3 Å². The van der Waals surface area contributed by atoms with Crippen molar-refractivity contribution in [3.63, 3.8) is 0 Å². The molecule has 4 heteroatoms. The van der Waals surface area contributed by atoms with Crippen LogP contribution >= 0.6 is 11.8 Å². The van der Waals surface area contributed by atoms with E-state index in [2.05, 4.69) is 11.6 Å². The van der Waals surface area contributed by atoms with Gasteiger partial charge in [-0.2, -0.15) is 11.8 Å². The van der Waals surface area contributed by atoms with E-state index < -0.39 is 0 Å². The Balaban J connectivity index is 2.48. The first-order valence-electron chi connectivity index (χ1n) is 6.15. The predicted molar refractivity (Wildman–Crippen MR) is 70.5 cm³/mol. The van der Waals surface area contributed by atoms with E-state index in [0.29, 0.717) is 11.3 Å². The smallest absolute Gasteiger partial charge is 0.237 e. The van der Waals surface area contributed by atoms with Gasteiger partial charge in [-0.05, 0) is 25.0 Å². The molecule has 0 aromatic heterocycles. The average molecular weight is 244 g/mol. The molecule has 3 nitrogen and oxygen atoms in total. The lowest BCUT2D eigenvalue weighted by molar-refractivity contribution is -0.124. The SMILES string of the molecule is CSC1CCCCC1NC(=O)[C@H](N)C(C)C. The van der Waals surface area contributed by atoms with Gasteiger partial charge in [0, 0.05) is 11.3 Å². The zero-order valence-electron chi connectivity index (χ0n) is 10.5. The number of carbonyl (C=O) groups is 1. The lowest BCUT2D eigenvalue weighted by Gasteiger charge is -2.32. The molecule has 3 N–H and O–H groups in total. The van der Waals surface area contributed by atoms with E-state index in [1.54, 1.807) is 0 Å². The van der Waals surface area contributed by atoms with Crippen molar-refractivity contribution in [1.29, 1.82) is 0 Å². The summed E-state index contributed by atoms with van der Waals surface area (Å²) in [4.78, 5) is 11.9. The monoisotopic (exact) mass is 244 g/mol. The Morgan fingerprint density at radius 2 is 2.00 bits per heavy atom. The summed E-state index contributed by atoms with van der Waals surface area (Å²) < 4.78 is 0. The molecule has 0 spiro atoms. The van der Waals surface area contributed by atoms with Gasteiger partial charge >= 0.3 is 0 Å². The molecule has 0 saturated heterocycles. The van der Waals surface area contributed by atoms with Crippen LogP contribution in [0.1, 0.15) is 39.5 Å². The Bertz CT molecular complexity index is 233. The molecule has 1 fully saturated rings. The van der Waals surface area contributed by atoms with Crippen molar-refractivity contribution in [1.82, 2.24) is 5.32 Å². The highest BCUT2D eigenvalue weighted by molar-refractivity contribution is 7.99. The summed E-state index contributed by atoms with van der Waals surface area (Å²) in [5.41, 5.74) is 5.85. The molecule has 0 heterocycles. The molecular formula is C12H24N2OS. The summed E-state index contributed by atoms with van der Waals surface area (Å²) in [7, 11) is 0. The fourth-order valence-electron chi connectivity index (χ4n) is 2.13. The van der Waals surface area contributed by atoms with Crippen molar-refractivity contribution in [2.24, 2.45) is 11.7 Å². The second kappa shape index (κ2) is 6.50. The summed E-state index contributed by atoms with van der Waals surface area (Å²) in [6, 6.07) is -0.0505. The summed E-state index contributed by atoms with van der Waals surface area (Å²) in [5, 5.41) is 3.68. The molecule has 94 valence electrons. The van der Waals surface area contributed by atoms with Crippen molar-refractivity contribution in [2.45, 2.75) is 56.9 Å². The van der Waals surface area contributed by atoms with Gasteiger partial charge < -0.3 is 11.1 Å². The van der Waals surface area contributed by atoms with E-state index >= 15 is 0 Å². The van der Waals surface area contributed by atoms with E-state index in [9.17, 15) is 4.79 Å². The first-order chi connectivity index (χ1) is 7.56. The van der Waals surface area contributed by atoms with Crippen molar-refractivity contribution in [3.05, 3.63) is 0 Å². The van der Waals surface area contributed by atoms with Crippen molar-refractivity contribution in [3.8, 4) is 0 Å². The van der Waals surface area contributed by atoms with Gasteiger partial charge in [0.2, 0.25) is 5.91 Å². The first kappa shape index (κ1) is 13.8. The Kier molecular flexibility index (Phi) is 5.62. The van der Waals surface area contributed by atoms with Gasteiger partial charge in [-0.1, -0.05) is 26.7 Å². The van der Waals surface area contributed by atoms with E-state index in [4.69, 9.17) is 5.73 Å². The Morgan fingerprint density at radius 1 is 1.38 bits per heavy atom. The number of amides is 1. The molecule has 0 aromatic carbocycles. The van der Waals surface area contributed by atoms with Crippen LogP contribution in [0.15, 0.2) is 0 Å². The van der Waals surface area contributed by atoms with Gasteiger partial charge in [-0.15, -0.1) is 0 Å². The maximum atomic E-state index is 11.9. The molecule has 1 rings (SSSR count). The highest BCUT2D eigenvalue weighted by Gasteiger charge is 2.27. The van der Waals surface area contributed by atoms with Gasteiger partial charge in [-0.3, -0.25) is 4.79 Å². The highest BCUT2D eigenvalue weighted by atomic mass is 32.2. The third-order valence-corrected chi connectivity index (χ3v) is 4.52. The summed E-state index contributed by atoms with van der Waals surface area (Å²) in [6.07, 6.45) is 6.94. The van der Waals surface area contributed by atoms with Gasteiger partial charge in [0.15, 0.2) is 0 Å². The van der Waals surface area contributed by atoms with Crippen molar-refractivity contribution in [2.75, 3.05) is 6.26 Å². The molecule has 0 radical (unpaired) electrons. The number of nitrogens with two attached hydrogens (primary N) is 1. The van der Waals surface area contributed by atoms with Crippen LogP contribution in [0, 0.1) is 5.92 Å². The molecule has 1 saturated carbocycles. The summed E-state index contributed by atoms with van der Waals surface area (Å²) >= 11 is 1.86. The average Bonchev–Trinajstić information content (AvgIpc) is 2.28. The molecule has 0 bridgehead atoms. The minimum Gasteiger partial charge on any atom is -0.351 e. The Morgan fingerprint density at radius 3 is 2.56 bits per heavy atom. The van der Waals surface area contributed by atoms with Crippen LogP contribution in [-0.4, -0.2) is 29.5 Å². The number of hydrogen-bond donors (Lipinski definition) is 2. The molecule has 1 aliphatic rings. The summed E-state index contributed by atoms with van der Waals surface area (Å²) in [6.45, 7) is 3.97. The quantitative estimate of drug-likeness (QED) is 0.792. The maximum Gasteiger partial charge on any atom is 0.237 e. The number of hydrogen-bond acceptors (Lipinski definition) is 3. The third kappa shape index (κ3) is 3.67. The molecule has 0 aromatic rings. The van der Waals surface area contributed by atoms with E-state index in [1.807, 2.05) is 25.6 Å². The second-order valence-corrected chi connectivity index (χ2v) is 6.02. The third-order valence-electron chi connectivity index (χ3n) is 3.35. The standard InChI is InChI=1S/C12H24N2OS/c1-8(2)11(13)12(15)14-9-6-4-5-7-10(9)16-3/h8-11H,4-7,13H2,1-3H3,(H,14,15)/t9?,10?,11-/m1/s1. The predicted octanol–water partition coefficient (Wildman–Crippen LogP) is 1.76. The molecule has 0 aliphatic heterocycles. The highest BCUT2D eigenvalue weighted by Crippen LogP contribution is 2.27. The van der Waals surface area contributed by atoms with E-state index in [0.717, 1.165) is 6.42 Å². The largest absolute Gasteiger partial charge is 0.351 e. The van der Waals surface area contributed by atoms with Crippen LogP contribution in [0.3, 0.4) is 0 Å². The fourth-order valence-corrected chi connectivity index (χ4v) is 3.06.